The van der Waals surface area contributed by atoms with E-state index in [1.807, 2.05) is 13.8 Å². The molecule has 2 aromatic carbocycles. The zero-order chi connectivity index (χ0) is 27.7. The van der Waals surface area contributed by atoms with Crippen LogP contribution < -0.4 is 11.1 Å². The van der Waals surface area contributed by atoms with Gasteiger partial charge in [-0.1, -0.05) is 62.4 Å². The second-order valence-corrected chi connectivity index (χ2v) is 11.6. The Bertz CT molecular complexity index is 1340. The molecule has 8 nitrogen and oxygen atoms in total. The fourth-order valence-corrected chi connectivity index (χ4v) is 6.50. The Balaban J connectivity index is 0.00000420. The molecule has 0 radical (unpaired) electrons. The average molecular weight is 568 g/mol. The third-order valence-corrected chi connectivity index (χ3v) is 8.64. The van der Waals surface area contributed by atoms with Crippen molar-refractivity contribution in [2.75, 3.05) is 5.32 Å². The van der Waals surface area contributed by atoms with Gasteiger partial charge in [0.2, 0.25) is 5.91 Å². The van der Waals surface area contributed by atoms with E-state index in [4.69, 9.17) is 5.73 Å². The molecule has 1 aliphatic carbocycles. The van der Waals surface area contributed by atoms with Crippen molar-refractivity contribution >= 4 is 69.3 Å². The van der Waals surface area contributed by atoms with E-state index in [9.17, 15) is 28.2 Å². The molecular weight excluding hydrogens is 532 g/mol. The summed E-state index contributed by atoms with van der Waals surface area (Å²) in [7, 11) is -3.77. The Hall–Kier alpha value is -2.21. The molecule has 0 atom stereocenters. The number of hydrogen-bond donors (Lipinski definition) is 5. The summed E-state index contributed by atoms with van der Waals surface area (Å²) in [6.45, 7) is 4.05. The van der Waals surface area contributed by atoms with Crippen molar-refractivity contribution in [3.05, 3.63) is 64.5 Å². The number of rotatable bonds is 10. The van der Waals surface area contributed by atoms with Crippen molar-refractivity contribution in [2.45, 2.75) is 75.5 Å². The number of hydrogen-bond acceptors (Lipinski definition) is 7. The number of anilines is 1. The number of nitrogens with zero attached hydrogens (tertiary/aromatic N) is 1. The molecule has 0 fully saturated rings. The number of aliphatic hydroxyl groups is 1. The molecule has 2 aliphatic rings. The third-order valence-electron chi connectivity index (χ3n) is 7.27. The third kappa shape index (κ3) is 6.11. The molecule has 206 valence electrons. The summed E-state index contributed by atoms with van der Waals surface area (Å²) in [6.07, 6.45) is 4.59. The van der Waals surface area contributed by atoms with Crippen LogP contribution >= 0.6 is 10.8 Å². The summed E-state index contributed by atoms with van der Waals surface area (Å²) in [5, 5.41) is 14.3. The number of nitrogens with one attached hydrogen (secondary N) is 1. The van der Waals surface area contributed by atoms with Crippen molar-refractivity contribution < 1.29 is 28.2 Å². The number of halogens is 1. The van der Waals surface area contributed by atoms with Gasteiger partial charge in [-0.2, -0.15) is 0 Å². The number of Topliss-reactive ketones (excluding diaryl/α,β-unsaturated/α-hetero) is 1. The van der Waals surface area contributed by atoms with Crippen LogP contribution in [0, 0.1) is 5.82 Å². The van der Waals surface area contributed by atoms with Gasteiger partial charge >= 0.3 is 29.6 Å². The minimum atomic E-state index is -3.77. The molecule has 0 aromatic heterocycles. The zero-order valence-electron chi connectivity index (χ0n) is 21.6. The normalized spacial score (nSPS) is 17.8. The number of nitrogens with two attached hydrogens (primary N) is 1. The zero-order valence-corrected chi connectivity index (χ0v) is 22.4. The number of carbonyl (C=O) groups is 2. The van der Waals surface area contributed by atoms with Gasteiger partial charge in [-0.3, -0.25) is 18.7 Å². The molecule has 0 bridgehead atoms. The molecule has 6 N–H and O–H groups in total. The van der Waals surface area contributed by atoms with Gasteiger partial charge in [0.15, 0.2) is 11.6 Å². The molecule has 2 aromatic rings. The van der Waals surface area contributed by atoms with Crippen LogP contribution in [0.1, 0.15) is 75.5 Å². The van der Waals surface area contributed by atoms with Crippen molar-refractivity contribution in [1.82, 2.24) is 0 Å². The van der Waals surface area contributed by atoms with Gasteiger partial charge in [-0.25, -0.2) is 4.39 Å². The number of fused-ring (bicyclic) bond motifs is 2. The summed E-state index contributed by atoms with van der Waals surface area (Å²) in [5.41, 5.74) is 5.80. The van der Waals surface area contributed by atoms with Crippen LogP contribution in [-0.2, 0) is 21.4 Å². The second-order valence-electron chi connectivity index (χ2n) is 9.91. The number of benzene rings is 2. The van der Waals surface area contributed by atoms with Crippen LogP contribution in [0.15, 0.2) is 51.3 Å². The first-order valence-corrected chi connectivity index (χ1v) is 14.4. The van der Waals surface area contributed by atoms with Gasteiger partial charge in [-0.15, -0.1) is 4.40 Å². The first-order chi connectivity index (χ1) is 18.0. The predicted octanol–water partition coefficient (Wildman–Crippen LogP) is 5.61. The van der Waals surface area contributed by atoms with Crippen molar-refractivity contribution in [3.8, 4) is 0 Å². The van der Waals surface area contributed by atoms with Crippen molar-refractivity contribution in [2.24, 2.45) is 10.1 Å². The van der Waals surface area contributed by atoms with E-state index in [0.717, 1.165) is 25.7 Å². The topological polar surface area (TPSA) is 145 Å². The first kappa shape index (κ1) is 31.3. The molecule has 39 heavy (non-hydrogen) atoms. The summed E-state index contributed by atoms with van der Waals surface area (Å²) < 4.78 is 40.5. The van der Waals surface area contributed by atoms with E-state index >= 15 is 0 Å². The summed E-state index contributed by atoms with van der Waals surface area (Å²) in [4.78, 5) is 25.6. The van der Waals surface area contributed by atoms with Gasteiger partial charge < -0.3 is 16.2 Å². The monoisotopic (exact) mass is 567 g/mol. The van der Waals surface area contributed by atoms with E-state index in [2.05, 4.69) is 9.71 Å². The molecule has 11 heteroatoms. The Kier molecular flexibility index (Phi) is 10.1. The molecule has 1 aliphatic heterocycles. The van der Waals surface area contributed by atoms with Crippen molar-refractivity contribution in [3.63, 3.8) is 0 Å². The van der Waals surface area contributed by atoms with E-state index < -0.39 is 33.7 Å². The summed E-state index contributed by atoms with van der Waals surface area (Å²) in [6, 6.07) is 8.94. The number of carbonyl (C=O) groups excluding carboxylic acids is 2. The quantitative estimate of drug-likeness (QED) is 0.236. The molecule has 1 heterocycles. The van der Waals surface area contributed by atoms with Crippen LogP contribution in [-0.4, -0.2) is 61.3 Å². The van der Waals surface area contributed by atoms with Gasteiger partial charge in [0.1, 0.15) is 22.0 Å². The maximum absolute atomic E-state index is 14.4. The van der Waals surface area contributed by atoms with Gasteiger partial charge in [-0.05, 0) is 54.7 Å². The van der Waals surface area contributed by atoms with Crippen LogP contribution in [0.5, 0.6) is 0 Å². The number of aryl methyl sites for hydroxylation is 1. The Morgan fingerprint density at radius 1 is 1.10 bits per heavy atom. The minimum absolute atomic E-state index is 0. The molecular formula is C28H35FN3NaO5S. The Morgan fingerprint density at radius 3 is 2.38 bits per heavy atom. The fourth-order valence-electron chi connectivity index (χ4n) is 5.29. The van der Waals surface area contributed by atoms with Crippen LogP contribution in [0.3, 0.4) is 0 Å². The maximum atomic E-state index is 14.4. The Morgan fingerprint density at radius 2 is 1.77 bits per heavy atom. The van der Waals surface area contributed by atoms with Crippen molar-refractivity contribution in [1.29, 1.82) is 0 Å². The SMILES string of the molecule is CCCCC1(CCCC)C(=O)C(C2=NS(O)(O)c3cc(CCC(N)=O)ccc3N2)=C(O)c2cc(F)ccc21.[NaH]. The molecule has 0 spiro atoms. The molecule has 0 unspecified atom stereocenters. The number of primary amides is 1. The van der Waals surface area contributed by atoms with Crippen LogP contribution in [0.25, 0.3) is 5.76 Å². The summed E-state index contributed by atoms with van der Waals surface area (Å²) >= 11 is 0. The standard InChI is InChI=1S/C28H34FN3O5S.Na.H/c1-3-5-13-28(14-6-4-2)20-10-9-18(29)16-19(20)25(34)24(26(28)35)27-31-21-11-7-17(8-12-23(30)33)15-22(21)38(36,37)32-27;;/h7,9-11,15-16,34,36-37H,3-6,8,12-14H2,1-2H3,(H2,30,33)(H,31,32);;. The number of unbranched alkanes of at least 4 members (excludes halogenated alkanes) is 2. The van der Waals surface area contributed by atoms with E-state index in [0.29, 0.717) is 36.1 Å². The Labute approximate surface area is 251 Å². The average Bonchev–Trinajstić information content (AvgIpc) is 2.87. The number of aliphatic hydroxyl groups excluding tert-OH is 1. The number of amidine groups is 1. The fraction of sp³-hybridized carbons (Fsp3) is 0.393. The summed E-state index contributed by atoms with van der Waals surface area (Å²) in [5.74, 6) is -2.02. The van der Waals surface area contributed by atoms with Crippen LogP contribution in [0.2, 0.25) is 0 Å². The van der Waals surface area contributed by atoms with Gasteiger partial charge in [0.05, 0.1) is 11.1 Å². The molecule has 0 saturated carbocycles. The second kappa shape index (κ2) is 12.5. The number of amides is 1. The molecule has 1 amide bonds. The van der Waals surface area contributed by atoms with E-state index in [1.165, 1.54) is 18.2 Å². The molecule has 0 saturated heterocycles. The van der Waals surface area contributed by atoms with E-state index in [-0.39, 0.29) is 63.6 Å². The molecule has 4 rings (SSSR count). The number of ketones is 1. The van der Waals surface area contributed by atoms with Gasteiger partial charge in [0, 0.05) is 12.0 Å². The predicted molar refractivity (Wildman–Crippen MR) is 155 cm³/mol. The van der Waals surface area contributed by atoms with Gasteiger partial charge in [0.25, 0.3) is 0 Å². The first-order valence-electron chi connectivity index (χ1n) is 12.9. The van der Waals surface area contributed by atoms with Crippen LogP contribution in [0.4, 0.5) is 10.1 Å². The van der Waals surface area contributed by atoms with E-state index in [1.54, 1.807) is 18.2 Å².